The lowest BCUT2D eigenvalue weighted by Crippen LogP contribution is -2.48. The molecule has 0 spiro atoms. The molecule has 0 atom stereocenters. The van der Waals surface area contributed by atoms with E-state index in [1.807, 2.05) is 12.1 Å². The predicted octanol–water partition coefficient (Wildman–Crippen LogP) is 2.56. The third kappa shape index (κ3) is 8.48. The van der Waals surface area contributed by atoms with Crippen LogP contribution in [0.25, 0.3) is 0 Å². The first kappa shape index (κ1) is 22.5. The molecule has 6 heteroatoms. The van der Waals surface area contributed by atoms with E-state index < -0.39 is 0 Å². The van der Waals surface area contributed by atoms with E-state index in [1.54, 1.807) is 0 Å². The Bertz CT molecular complexity index is 582. The van der Waals surface area contributed by atoms with Crippen molar-refractivity contribution in [3.8, 4) is 5.75 Å². The van der Waals surface area contributed by atoms with Gasteiger partial charge in [0, 0.05) is 32.2 Å². The van der Waals surface area contributed by atoms with Crippen molar-refractivity contribution < 1.29 is 4.74 Å². The van der Waals surface area contributed by atoms with Crippen molar-refractivity contribution in [1.29, 1.82) is 0 Å². The lowest BCUT2D eigenvalue weighted by atomic mass is 10.1. The first-order chi connectivity index (χ1) is 13.6. The van der Waals surface area contributed by atoms with E-state index in [-0.39, 0.29) is 0 Å². The van der Waals surface area contributed by atoms with Gasteiger partial charge in [-0.25, -0.2) is 4.99 Å². The van der Waals surface area contributed by atoms with Gasteiger partial charge in [0.25, 0.3) is 0 Å². The first-order valence-electron chi connectivity index (χ1n) is 10.7. The number of rotatable bonds is 10. The van der Waals surface area contributed by atoms with Gasteiger partial charge in [0.2, 0.25) is 0 Å². The summed E-state index contributed by atoms with van der Waals surface area (Å²) in [6.07, 6.45) is 3.60. The second-order valence-corrected chi connectivity index (χ2v) is 7.75. The number of piperidine rings is 1. The van der Waals surface area contributed by atoms with Crippen LogP contribution in [0, 0.1) is 0 Å². The number of hydrogen-bond acceptors (Lipinski definition) is 4. The highest BCUT2D eigenvalue weighted by Crippen LogP contribution is 2.14. The van der Waals surface area contributed by atoms with Crippen molar-refractivity contribution in [3.05, 3.63) is 29.8 Å². The van der Waals surface area contributed by atoms with Crippen LogP contribution in [-0.4, -0.2) is 75.2 Å². The molecule has 0 unspecified atom stereocenters. The fourth-order valence-corrected chi connectivity index (χ4v) is 3.38. The lowest BCUT2D eigenvalue weighted by Gasteiger charge is -2.32. The van der Waals surface area contributed by atoms with Crippen LogP contribution in [0.4, 0.5) is 0 Å². The average Bonchev–Trinajstić information content (AvgIpc) is 2.68. The number of ether oxygens (including phenoxy) is 1. The van der Waals surface area contributed by atoms with Crippen LogP contribution in [0.5, 0.6) is 5.75 Å². The fraction of sp³-hybridized carbons (Fsp3) is 0.682. The van der Waals surface area contributed by atoms with Crippen LogP contribution < -0.4 is 15.4 Å². The van der Waals surface area contributed by atoms with Gasteiger partial charge in [-0.2, -0.15) is 0 Å². The molecule has 1 aliphatic heterocycles. The quantitative estimate of drug-likeness (QED) is 0.476. The molecule has 6 nitrogen and oxygen atoms in total. The van der Waals surface area contributed by atoms with E-state index in [0.29, 0.717) is 19.2 Å². The molecule has 1 aromatic carbocycles. The molecule has 2 rings (SSSR count). The number of nitrogens with zero attached hydrogens (tertiary/aromatic N) is 3. The topological polar surface area (TPSA) is 52.1 Å². The Balaban J connectivity index is 1.86. The molecule has 0 aliphatic carbocycles. The van der Waals surface area contributed by atoms with Crippen LogP contribution in [0.15, 0.2) is 29.3 Å². The van der Waals surface area contributed by atoms with Gasteiger partial charge in [-0.1, -0.05) is 19.1 Å². The molecule has 1 aliphatic rings. The highest BCUT2D eigenvalue weighted by molar-refractivity contribution is 5.80. The Morgan fingerprint density at radius 3 is 2.71 bits per heavy atom. The molecule has 0 amide bonds. The van der Waals surface area contributed by atoms with Crippen LogP contribution in [-0.2, 0) is 6.54 Å². The number of guanidine groups is 1. The number of nitrogens with one attached hydrogen (secondary N) is 2. The van der Waals surface area contributed by atoms with Crippen molar-refractivity contribution in [3.63, 3.8) is 0 Å². The minimum absolute atomic E-state index is 0.506. The van der Waals surface area contributed by atoms with Crippen LogP contribution in [0.2, 0.25) is 0 Å². The molecule has 158 valence electrons. The molecule has 1 saturated heterocycles. The molecule has 1 heterocycles. The minimum Gasteiger partial charge on any atom is -0.492 e. The molecular formula is C22H39N5O. The van der Waals surface area contributed by atoms with Gasteiger partial charge in [-0.3, -0.25) is 0 Å². The Morgan fingerprint density at radius 1 is 1.25 bits per heavy atom. The SMILES string of the molecule is CCCN1CCC(NC(=NCc2cccc(OCCN(C)C)c2)NCC)CC1. The second-order valence-electron chi connectivity index (χ2n) is 7.75. The van der Waals surface area contributed by atoms with Gasteiger partial charge in [0.1, 0.15) is 12.4 Å². The third-order valence-corrected chi connectivity index (χ3v) is 4.94. The zero-order valence-electron chi connectivity index (χ0n) is 18.2. The number of benzene rings is 1. The van der Waals surface area contributed by atoms with Crippen LogP contribution in [0.1, 0.15) is 38.7 Å². The van der Waals surface area contributed by atoms with Crippen LogP contribution >= 0.6 is 0 Å². The van der Waals surface area contributed by atoms with Gasteiger partial charge in [-0.05, 0) is 64.5 Å². The van der Waals surface area contributed by atoms with Crippen molar-refractivity contribution in [2.75, 3.05) is 53.4 Å². The summed E-state index contributed by atoms with van der Waals surface area (Å²) < 4.78 is 5.84. The molecule has 0 bridgehead atoms. The maximum atomic E-state index is 5.84. The van der Waals surface area contributed by atoms with Crippen molar-refractivity contribution >= 4 is 5.96 Å². The van der Waals surface area contributed by atoms with E-state index >= 15 is 0 Å². The maximum Gasteiger partial charge on any atom is 0.191 e. The minimum atomic E-state index is 0.506. The zero-order valence-corrected chi connectivity index (χ0v) is 18.2. The normalized spacial score (nSPS) is 16.4. The van der Waals surface area contributed by atoms with E-state index in [4.69, 9.17) is 9.73 Å². The summed E-state index contributed by atoms with van der Waals surface area (Å²) in [6.45, 7) is 11.1. The number of likely N-dealkylation sites (tertiary alicyclic amines) is 1. The maximum absolute atomic E-state index is 5.84. The van der Waals surface area contributed by atoms with E-state index in [9.17, 15) is 0 Å². The summed E-state index contributed by atoms with van der Waals surface area (Å²) in [5, 5.41) is 7.01. The van der Waals surface area contributed by atoms with Crippen molar-refractivity contribution in [2.45, 2.75) is 45.7 Å². The molecule has 1 aromatic rings. The molecule has 1 fully saturated rings. The van der Waals surface area contributed by atoms with Gasteiger partial charge < -0.3 is 25.2 Å². The Kier molecular flexibility index (Phi) is 10.1. The standard InChI is InChI=1S/C22H39N5O/c1-5-12-27-13-10-20(11-14-27)25-22(23-6-2)24-18-19-8-7-9-21(17-19)28-16-15-26(3)4/h7-9,17,20H,5-6,10-16,18H2,1-4H3,(H2,23,24,25). The highest BCUT2D eigenvalue weighted by Gasteiger charge is 2.19. The monoisotopic (exact) mass is 389 g/mol. The summed E-state index contributed by atoms with van der Waals surface area (Å²) >= 11 is 0. The second kappa shape index (κ2) is 12.6. The Labute approximate surface area is 171 Å². The summed E-state index contributed by atoms with van der Waals surface area (Å²) in [7, 11) is 4.11. The summed E-state index contributed by atoms with van der Waals surface area (Å²) in [6, 6.07) is 8.75. The van der Waals surface area contributed by atoms with Gasteiger partial charge >= 0.3 is 0 Å². The van der Waals surface area contributed by atoms with E-state index in [2.05, 4.69) is 60.5 Å². The highest BCUT2D eigenvalue weighted by atomic mass is 16.5. The summed E-state index contributed by atoms with van der Waals surface area (Å²) in [4.78, 5) is 9.48. The first-order valence-corrected chi connectivity index (χ1v) is 10.7. The van der Waals surface area contributed by atoms with E-state index in [0.717, 1.165) is 30.4 Å². The molecular weight excluding hydrogens is 350 g/mol. The van der Waals surface area contributed by atoms with Crippen molar-refractivity contribution in [1.82, 2.24) is 20.4 Å². The summed E-state index contributed by atoms with van der Waals surface area (Å²) in [5.41, 5.74) is 1.16. The number of likely N-dealkylation sites (N-methyl/N-ethyl adjacent to an activating group) is 1. The average molecular weight is 390 g/mol. The van der Waals surface area contributed by atoms with Crippen LogP contribution in [0.3, 0.4) is 0 Å². The summed E-state index contributed by atoms with van der Waals surface area (Å²) in [5.74, 6) is 1.83. The van der Waals surface area contributed by atoms with Gasteiger partial charge in [-0.15, -0.1) is 0 Å². The lowest BCUT2D eigenvalue weighted by molar-refractivity contribution is 0.206. The molecule has 0 saturated carbocycles. The molecule has 0 aromatic heterocycles. The number of hydrogen-bond donors (Lipinski definition) is 2. The fourth-order valence-electron chi connectivity index (χ4n) is 3.38. The molecule has 28 heavy (non-hydrogen) atoms. The Morgan fingerprint density at radius 2 is 2.04 bits per heavy atom. The zero-order chi connectivity index (χ0) is 20.2. The smallest absolute Gasteiger partial charge is 0.191 e. The largest absolute Gasteiger partial charge is 0.492 e. The predicted molar refractivity (Wildman–Crippen MR) is 118 cm³/mol. The van der Waals surface area contributed by atoms with E-state index in [1.165, 1.54) is 38.9 Å². The number of aliphatic imine (C=N–C) groups is 1. The molecule has 0 radical (unpaired) electrons. The Hall–Kier alpha value is -1.79. The van der Waals surface area contributed by atoms with Crippen molar-refractivity contribution in [2.24, 2.45) is 4.99 Å². The van der Waals surface area contributed by atoms with Gasteiger partial charge in [0.15, 0.2) is 5.96 Å². The molecule has 2 N–H and O–H groups in total. The van der Waals surface area contributed by atoms with Gasteiger partial charge in [0.05, 0.1) is 6.54 Å². The third-order valence-electron chi connectivity index (χ3n) is 4.94.